The Labute approximate surface area is 184 Å². The van der Waals surface area contributed by atoms with Crippen molar-refractivity contribution in [3.05, 3.63) is 88.1 Å². The van der Waals surface area contributed by atoms with Crippen molar-refractivity contribution in [2.75, 3.05) is 5.32 Å². The molecule has 0 fully saturated rings. The number of amides is 1. The smallest absolute Gasteiger partial charge is 0.265 e. The van der Waals surface area contributed by atoms with Crippen molar-refractivity contribution in [3.63, 3.8) is 0 Å². The number of rotatable bonds is 4. The van der Waals surface area contributed by atoms with Gasteiger partial charge in [-0.05, 0) is 67.3 Å². The Balaban J connectivity index is 1.77. The van der Waals surface area contributed by atoms with Crippen LogP contribution in [-0.2, 0) is 4.79 Å². The second-order valence-corrected chi connectivity index (χ2v) is 7.93. The number of nitrogens with one attached hydrogen (secondary N) is 2. The number of para-hydroxylation sites is 1. The van der Waals surface area contributed by atoms with Gasteiger partial charge in [0.15, 0.2) is 0 Å². The van der Waals surface area contributed by atoms with Crippen LogP contribution in [-0.4, -0.2) is 20.9 Å². The molecule has 0 atom stereocenters. The Hall–Kier alpha value is -4.19. The maximum absolute atomic E-state index is 13.2. The lowest BCUT2D eigenvalue weighted by Gasteiger charge is -2.15. The molecule has 2 N–H and O–H groups in total. The van der Waals surface area contributed by atoms with Crippen LogP contribution in [0.4, 0.5) is 5.69 Å². The predicted octanol–water partition coefficient (Wildman–Crippen LogP) is 5.03. The van der Waals surface area contributed by atoms with Crippen LogP contribution in [0.2, 0.25) is 0 Å². The van der Waals surface area contributed by atoms with E-state index in [1.165, 1.54) is 0 Å². The maximum atomic E-state index is 13.2. The number of fused-ring (bicyclic) bond motifs is 2. The molecule has 0 saturated heterocycles. The summed E-state index contributed by atoms with van der Waals surface area (Å²) in [4.78, 5) is 32.2. The molecule has 6 heteroatoms. The van der Waals surface area contributed by atoms with Crippen LogP contribution in [0.5, 0.6) is 0 Å². The number of anilines is 1. The zero-order chi connectivity index (χ0) is 22.4. The van der Waals surface area contributed by atoms with Crippen molar-refractivity contribution in [3.8, 4) is 16.8 Å². The molecule has 0 radical (unpaired) electrons. The first-order chi connectivity index (χ1) is 15.5. The molecule has 158 valence electrons. The Morgan fingerprint density at radius 3 is 2.56 bits per heavy atom. The fraction of sp³-hybridized carbons (Fsp3) is 0.115. The number of hydrogen-bond acceptors (Lipinski definition) is 3. The van der Waals surface area contributed by atoms with Gasteiger partial charge in [-0.15, -0.1) is 0 Å². The van der Waals surface area contributed by atoms with Gasteiger partial charge < -0.3 is 10.3 Å². The number of carbonyl (C=O) groups is 1. The van der Waals surface area contributed by atoms with Crippen LogP contribution < -0.4 is 10.9 Å². The Kier molecular flexibility index (Phi) is 4.63. The average molecular weight is 422 g/mol. The van der Waals surface area contributed by atoms with Gasteiger partial charge in [0, 0.05) is 11.1 Å². The highest BCUT2D eigenvalue weighted by molar-refractivity contribution is 6.06. The van der Waals surface area contributed by atoms with Gasteiger partial charge in [0.2, 0.25) is 6.41 Å². The summed E-state index contributed by atoms with van der Waals surface area (Å²) in [7, 11) is 0. The average Bonchev–Trinajstić information content (AvgIpc) is 3.10. The van der Waals surface area contributed by atoms with Crippen molar-refractivity contribution in [2.24, 2.45) is 0 Å². The highest BCUT2D eigenvalue weighted by Gasteiger charge is 2.17. The van der Waals surface area contributed by atoms with E-state index in [9.17, 15) is 9.59 Å². The molecule has 0 bridgehead atoms. The van der Waals surface area contributed by atoms with Crippen molar-refractivity contribution >= 4 is 33.9 Å². The lowest BCUT2D eigenvalue weighted by atomic mass is 9.94. The van der Waals surface area contributed by atoms with Crippen LogP contribution in [0.3, 0.4) is 0 Å². The van der Waals surface area contributed by atoms with Crippen molar-refractivity contribution < 1.29 is 4.79 Å². The largest absolute Gasteiger partial charge is 0.357 e. The van der Waals surface area contributed by atoms with Crippen molar-refractivity contribution in [2.45, 2.75) is 20.8 Å². The molecule has 0 unspecified atom stereocenters. The topological polar surface area (TPSA) is 79.8 Å². The van der Waals surface area contributed by atoms with Gasteiger partial charge in [0.05, 0.1) is 27.8 Å². The van der Waals surface area contributed by atoms with Crippen LogP contribution in [0.15, 0.2) is 65.7 Å². The molecule has 6 nitrogen and oxygen atoms in total. The number of benzene rings is 3. The fourth-order valence-corrected chi connectivity index (χ4v) is 4.42. The summed E-state index contributed by atoms with van der Waals surface area (Å²) in [6.07, 6.45) is 2.28. The summed E-state index contributed by atoms with van der Waals surface area (Å²) >= 11 is 0. The molecule has 0 spiro atoms. The van der Waals surface area contributed by atoms with Crippen LogP contribution in [0.25, 0.3) is 38.6 Å². The quantitative estimate of drug-likeness (QED) is 0.399. The minimum atomic E-state index is -0.0970. The Morgan fingerprint density at radius 2 is 1.75 bits per heavy atom. The monoisotopic (exact) mass is 422 g/mol. The first-order valence-corrected chi connectivity index (χ1v) is 10.4. The van der Waals surface area contributed by atoms with Gasteiger partial charge in [0.1, 0.15) is 6.33 Å². The van der Waals surface area contributed by atoms with E-state index in [1.807, 2.05) is 56.3 Å². The number of hydrogen-bond donors (Lipinski definition) is 2. The molecule has 5 aromatic rings. The third-order valence-corrected chi connectivity index (χ3v) is 6.19. The van der Waals surface area contributed by atoms with E-state index in [1.54, 1.807) is 17.0 Å². The Morgan fingerprint density at radius 1 is 0.938 bits per heavy atom. The number of H-pyrrole nitrogens is 1. The molecule has 2 heterocycles. The van der Waals surface area contributed by atoms with Crippen LogP contribution >= 0.6 is 0 Å². The molecule has 5 rings (SSSR count). The van der Waals surface area contributed by atoms with Gasteiger partial charge in [-0.2, -0.15) is 0 Å². The summed E-state index contributed by atoms with van der Waals surface area (Å²) in [5.41, 5.74) is 8.20. The third-order valence-electron chi connectivity index (χ3n) is 6.19. The van der Waals surface area contributed by atoms with E-state index in [0.29, 0.717) is 17.3 Å². The van der Waals surface area contributed by atoms with E-state index >= 15 is 0 Å². The second-order valence-electron chi connectivity index (χ2n) is 7.93. The van der Waals surface area contributed by atoms with Crippen molar-refractivity contribution in [1.82, 2.24) is 14.5 Å². The number of nitrogens with zero attached hydrogens (tertiary/aromatic N) is 2. The molecule has 2 aromatic heterocycles. The number of carbonyl (C=O) groups excluding carboxylic acids is 1. The highest BCUT2D eigenvalue weighted by atomic mass is 16.1. The summed E-state index contributed by atoms with van der Waals surface area (Å²) in [5, 5.41) is 4.42. The molecule has 0 saturated carbocycles. The minimum Gasteiger partial charge on any atom is -0.357 e. The molecular formula is C26H22N4O2. The van der Waals surface area contributed by atoms with E-state index in [2.05, 4.69) is 28.3 Å². The van der Waals surface area contributed by atoms with Crippen LogP contribution in [0, 0.1) is 20.8 Å². The second kappa shape index (κ2) is 7.50. The molecule has 32 heavy (non-hydrogen) atoms. The predicted molar refractivity (Wildman–Crippen MR) is 129 cm³/mol. The molecule has 3 aromatic carbocycles. The molecule has 0 aliphatic heterocycles. The normalized spacial score (nSPS) is 11.2. The lowest BCUT2D eigenvalue weighted by Crippen LogP contribution is -2.19. The van der Waals surface area contributed by atoms with Gasteiger partial charge in [0.25, 0.3) is 5.56 Å². The molecule has 0 aliphatic rings. The first kappa shape index (κ1) is 19.8. The number of aromatic nitrogens is 3. The fourth-order valence-electron chi connectivity index (χ4n) is 4.42. The lowest BCUT2D eigenvalue weighted by molar-refractivity contribution is -0.105. The van der Waals surface area contributed by atoms with E-state index in [4.69, 9.17) is 0 Å². The van der Waals surface area contributed by atoms with E-state index < -0.39 is 0 Å². The van der Waals surface area contributed by atoms with Gasteiger partial charge in [-0.1, -0.05) is 30.3 Å². The third kappa shape index (κ3) is 2.92. The van der Waals surface area contributed by atoms with Gasteiger partial charge >= 0.3 is 0 Å². The minimum absolute atomic E-state index is 0.0970. The molecule has 0 aliphatic carbocycles. The van der Waals surface area contributed by atoms with Crippen LogP contribution in [0.1, 0.15) is 16.8 Å². The summed E-state index contributed by atoms with van der Waals surface area (Å²) in [5.74, 6) is 0. The molecular weight excluding hydrogens is 400 g/mol. The highest BCUT2D eigenvalue weighted by Crippen LogP contribution is 2.38. The standard InChI is InChI=1S/C26H22N4O2/c1-15-17(3)29-25-22(28-14-31)12-11-19(24(15)25)18-8-6-10-23(16(18)2)30-13-27-21-9-5-4-7-20(21)26(30)32/h4-14,29H,1-3H3,(H,28,31). The van der Waals surface area contributed by atoms with Gasteiger partial charge in [-0.25, -0.2) is 4.98 Å². The summed E-state index contributed by atoms with van der Waals surface area (Å²) < 4.78 is 1.61. The van der Waals surface area contributed by atoms with Crippen molar-refractivity contribution in [1.29, 1.82) is 0 Å². The number of aryl methyl sites for hydroxylation is 2. The zero-order valence-corrected chi connectivity index (χ0v) is 18.1. The summed E-state index contributed by atoms with van der Waals surface area (Å²) in [6.45, 7) is 6.11. The summed E-state index contributed by atoms with van der Waals surface area (Å²) in [6, 6.07) is 17.2. The zero-order valence-electron chi connectivity index (χ0n) is 18.1. The SMILES string of the molecule is Cc1[nH]c2c(NC=O)ccc(-c3cccc(-n4cnc5ccccc5c4=O)c3C)c2c1C. The molecule has 1 amide bonds. The van der Waals surface area contributed by atoms with E-state index in [-0.39, 0.29) is 5.56 Å². The maximum Gasteiger partial charge on any atom is 0.265 e. The van der Waals surface area contributed by atoms with E-state index in [0.717, 1.165) is 50.2 Å². The Bertz CT molecular complexity index is 1580. The number of aromatic amines is 1. The first-order valence-electron chi connectivity index (χ1n) is 10.4. The van der Waals surface area contributed by atoms with Gasteiger partial charge in [-0.3, -0.25) is 14.2 Å².